The Bertz CT molecular complexity index is 446. The van der Waals surface area contributed by atoms with Gasteiger partial charge in [-0.05, 0) is 33.1 Å². The number of carbonyl (C=O) groups is 1. The molecule has 0 aromatic heterocycles. The molecule has 158 valence electrons. The molecular formula is C20H41N5O2. The summed E-state index contributed by atoms with van der Waals surface area (Å²) in [6.45, 7) is 17.5. The third-order valence-corrected chi connectivity index (χ3v) is 4.94. The zero-order valence-corrected chi connectivity index (χ0v) is 18.3. The molecule has 1 saturated heterocycles. The summed E-state index contributed by atoms with van der Waals surface area (Å²) in [7, 11) is 1.94. The number of nitrogens with one attached hydrogen (secondary N) is 1. The highest BCUT2D eigenvalue weighted by atomic mass is 16.5. The Morgan fingerprint density at radius 3 is 2.33 bits per heavy atom. The minimum Gasteiger partial charge on any atom is -0.379 e. The van der Waals surface area contributed by atoms with Crippen LogP contribution in [0, 0.1) is 5.92 Å². The molecule has 7 heteroatoms. The van der Waals surface area contributed by atoms with Gasteiger partial charge in [0.2, 0.25) is 5.91 Å². The van der Waals surface area contributed by atoms with Crippen molar-refractivity contribution < 1.29 is 9.53 Å². The summed E-state index contributed by atoms with van der Waals surface area (Å²) in [5.41, 5.74) is 0. The summed E-state index contributed by atoms with van der Waals surface area (Å²) in [4.78, 5) is 23.6. The fourth-order valence-electron chi connectivity index (χ4n) is 3.44. The Labute approximate surface area is 166 Å². The van der Waals surface area contributed by atoms with Crippen LogP contribution < -0.4 is 5.32 Å². The molecule has 0 spiro atoms. The summed E-state index contributed by atoms with van der Waals surface area (Å²) >= 11 is 0. The molecule has 7 nitrogen and oxygen atoms in total. The molecule has 0 bridgehead atoms. The number of likely N-dealkylation sites (N-methyl/N-ethyl adjacent to an activating group) is 2. The van der Waals surface area contributed by atoms with Gasteiger partial charge >= 0.3 is 0 Å². The molecule has 27 heavy (non-hydrogen) atoms. The quantitative estimate of drug-likeness (QED) is 0.458. The monoisotopic (exact) mass is 383 g/mol. The van der Waals surface area contributed by atoms with Crippen LogP contribution in [-0.2, 0) is 9.53 Å². The lowest BCUT2D eigenvalue weighted by atomic mass is 10.0. The highest BCUT2D eigenvalue weighted by molar-refractivity contribution is 5.86. The van der Waals surface area contributed by atoms with Crippen LogP contribution in [0.25, 0.3) is 0 Å². The maximum absolute atomic E-state index is 12.4. The number of rotatable bonds is 10. The van der Waals surface area contributed by atoms with E-state index in [0.717, 1.165) is 64.9 Å². The first-order valence-electron chi connectivity index (χ1n) is 10.5. The first kappa shape index (κ1) is 23.7. The number of hydrogen-bond donors (Lipinski definition) is 1. The predicted octanol–water partition coefficient (Wildman–Crippen LogP) is 1.50. The third kappa shape index (κ3) is 8.47. The maximum Gasteiger partial charge on any atom is 0.242 e. The SMILES string of the molecule is CCNC(=NCC(CC(C)C)N1CCOCC1)N(C)CC(=O)N(CC)CC. The lowest BCUT2D eigenvalue weighted by Gasteiger charge is -2.35. The molecule has 1 fully saturated rings. The lowest BCUT2D eigenvalue weighted by molar-refractivity contribution is -0.131. The lowest BCUT2D eigenvalue weighted by Crippen LogP contribution is -2.48. The topological polar surface area (TPSA) is 60.4 Å². The van der Waals surface area contributed by atoms with Crippen molar-refractivity contribution in [3.8, 4) is 0 Å². The van der Waals surface area contributed by atoms with Crippen LogP contribution in [0.2, 0.25) is 0 Å². The van der Waals surface area contributed by atoms with Crippen molar-refractivity contribution in [2.75, 3.05) is 66.1 Å². The van der Waals surface area contributed by atoms with E-state index in [0.29, 0.717) is 18.5 Å². The van der Waals surface area contributed by atoms with Gasteiger partial charge in [0.15, 0.2) is 5.96 Å². The average molecular weight is 384 g/mol. The van der Waals surface area contributed by atoms with Crippen molar-refractivity contribution >= 4 is 11.9 Å². The van der Waals surface area contributed by atoms with Crippen LogP contribution in [0.1, 0.15) is 41.0 Å². The normalized spacial score (nSPS) is 17.1. The summed E-state index contributed by atoms with van der Waals surface area (Å²) in [6, 6.07) is 0.412. The van der Waals surface area contributed by atoms with E-state index in [4.69, 9.17) is 9.73 Å². The minimum absolute atomic E-state index is 0.139. The van der Waals surface area contributed by atoms with Gasteiger partial charge in [-0.3, -0.25) is 14.7 Å². The molecule has 0 aromatic carbocycles. The summed E-state index contributed by atoms with van der Waals surface area (Å²) in [5, 5.41) is 3.34. The van der Waals surface area contributed by atoms with Crippen molar-refractivity contribution in [1.29, 1.82) is 0 Å². The number of amides is 1. The van der Waals surface area contributed by atoms with Gasteiger partial charge in [-0.1, -0.05) is 13.8 Å². The van der Waals surface area contributed by atoms with Gasteiger partial charge in [0.1, 0.15) is 0 Å². The molecule has 0 radical (unpaired) electrons. The van der Waals surface area contributed by atoms with Gasteiger partial charge in [-0.15, -0.1) is 0 Å². The number of hydrogen-bond acceptors (Lipinski definition) is 4. The van der Waals surface area contributed by atoms with Gasteiger partial charge in [0.25, 0.3) is 0 Å². The van der Waals surface area contributed by atoms with Crippen LogP contribution in [0.3, 0.4) is 0 Å². The molecular weight excluding hydrogens is 342 g/mol. The number of ether oxygens (including phenoxy) is 1. The van der Waals surface area contributed by atoms with Crippen molar-refractivity contribution in [3.63, 3.8) is 0 Å². The first-order chi connectivity index (χ1) is 12.9. The third-order valence-electron chi connectivity index (χ3n) is 4.94. The van der Waals surface area contributed by atoms with Crippen molar-refractivity contribution in [2.24, 2.45) is 10.9 Å². The zero-order valence-electron chi connectivity index (χ0n) is 18.3. The number of nitrogens with zero attached hydrogens (tertiary/aromatic N) is 4. The average Bonchev–Trinajstić information content (AvgIpc) is 2.65. The number of carbonyl (C=O) groups excluding carboxylic acids is 1. The molecule has 1 heterocycles. The van der Waals surface area contributed by atoms with Crippen LogP contribution in [0.5, 0.6) is 0 Å². The largest absolute Gasteiger partial charge is 0.379 e. The number of morpholine rings is 1. The van der Waals surface area contributed by atoms with Crippen molar-refractivity contribution in [2.45, 2.75) is 47.1 Å². The second-order valence-corrected chi connectivity index (χ2v) is 7.55. The van der Waals surface area contributed by atoms with E-state index in [9.17, 15) is 4.79 Å². The molecule has 1 aliphatic rings. The fraction of sp³-hybridized carbons (Fsp3) is 0.900. The smallest absolute Gasteiger partial charge is 0.242 e. The van der Waals surface area contributed by atoms with Gasteiger partial charge in [0, 0.05) is 45.8 Å². The van der Waals surface area contributed by atoms with E-state index in [1.54, 1.807) is 0 Å². The molecule has 0 aromatic rings. The molecule has 0 saturated carbocycles. The minimum atomic E-state index is 0.139. The van der Waals surface area contributed by atoms with Crippen molar-refractivity contribution in [1.82, 2.24) is 20.0 Å². The van der Waals surface area contributed by atoms with E-state index in [1.807, 2.05) is 30.7 Å². The number of guanidine groups is 1. The standard InChI is InChI=1S/C20H41N5O2/c1-7-21-20(23(6)16-19(26)24(8-2)9-3)22-15-18(14-17(4)5)25-10-12-27-13-11-25/h17-18H,7-16H2,1-6H3,(H,21,22). The molecule has 0 aliphatic carbocycles. The Hall–Kier alpha value is -1.34. The highest BCUT2D eigenvalue weighted by Gasteiger charge is 2.22. The van der Waals surface area contributed by atoms with Gasteiger partial charge in [0.05, 0.1) is 26.3 Å². The summed E-state index contributed by atoms with van der Waals surface area (Å²) in [6.07, 6.45) is 1.12. The van der Waals surface area contributed by atoms with Gasteiger partial charge in [-0.25, -0.2) is 0 Å². The molecule has 1 unspecified atom stereocenters. The van der Waals surface area contributed by atoms with E-state index in [-0.39, 0.29) is 5.91 Å². The van der Waals surface area contributed by atoms with Gasteiger partial charge < -0.3 is 19.9 Å². The van der Waals surface area contributed by atoms with E-state index < -0.39 is 0 Å². The van der Waals surface area contributed by atoms with Crippen LogP contribution in [0.4, 0.5) is 0 Å². The van der Waals surface area contributed by atoms with Crippen LogP contribution in [0.15, 0.2) is 4.99 Å². The second-order valence-electron chi connectivity index (χ2n) is 7.55. The van der Waals surface area contributed by atoms with E-state index in [1.165, 1.54) is 0 Å². The summed E-state index contributed by atoms with van der Waals surface area (Å²) < 4.78 is 5.50. The molecule has 1 amide bonds. The van der Waals surface area contributed by atoms with Gasteiger partial charge in [-0.2, -0.15) is 0 Å². The Balaban J connectivity index is 2.78. The number of aliphatic imine (C=N–C) groups is 1. The second kappa shape index (κ2) is 12.9. The molecule has 1 N–H and O–H groups in total. The van der Waals surface area contributed by atoms with E-state index in [2.05, 4.69) is 31.0 Å². The Kier molecular flexibility index (Phi) is 11.4. The van der Waals surface area contributed by atoms with Crippen LogP contribution >= 0.6 is 0 Å². The fourth-order valence-corrected chi connectivity index (χ4v) is 3.44. The van der Waals surface area contributed by atoms with E-state index >= 15 is 0 Å². The molecule has 1 atom stereocenters. The maximum atomic E-state index is 12.4. The van der Waals surface area contributed by atoms with Crippen LogP contribution in [-0.4, -0.2) is 98.7 Å². The highest BCUT2D eigenvalue weighted by Crippen LogP contribution is 2.14. The summed E-state index contributed by atoms with van der Waals surface area (Å²) in [5.74, 6) is 1.57. The predicted molar refractivity (Wildman–Crippen MR) is 112 cm³/mol. The Morgan fingerprint density at radius 2 is 1.81 bits per heavy atom. The molecule has 1 rings (SSSR count). The van der Waals surface area contributed by atoms with Crippen molar-refractivity contribution in [3.05, 3.63) is 0 Å². The Morgan fingerprint density at radius 1 is 1.19 bits per heavy atom. The first-order valence-corrected chi connectivity index (χ1v) is 10.5. The zero-order chi connectivity index (χ0) is 20.2. The molecule has 1 aliphatic heterocycles.